The van der Waals surface area contributed by atoms with Crippen molar-refractivity contribution < 1.29 is 14.6 Å². The topological polar surface area (TPSA) is 38.7 Å². The van der Waals surface area contributed by atoms with Gasteiger partial charge in [0.2, 0.25) is 0 Å². The lowest BCUT2D eigenvalue weighted by atomic mass is 9.90. The van der Waals surface area contributed by atoms with Crippen LogP contribution in [0.1, 0.15) is 32.1 Å². The van der Waals surface area contributed by atoms with Gasteiger partial charge in [0, 0.05) is 20.3 Å². The maximum atomic E-state index is 10.1. The molecule has 1 saturated carbocycles. The molecular formula is C12H22O3. The number of ether oxygens (including phenoxy) is 2. The quantitative estimate of drug-likeness (QED) is 0.755. The van der Waals surface area contributed by atoms with E-state index in [0.29, 0.717) is 11.8 Å². The number of methoxy groups -OCH3 is 1. The van der Waals surface area contributed by atoms with Crippen LogP contribution in [0, 0.1) is 11.8 Å². The second-order valence-electron chi connectivity index (χ2n) is 4.90. The van der Waals surface area contributed by atoms with E-state index in [2.05, 4.69) is 0 Å². The van der Waals surface area contributed by atoms with Crippen LogP contribution in [0.5, 0.6) is 0 Å². The molecule has 1 aliphatic carbocycles. The van der Waals surface area contributed by atoms with Crippen LogP contribution in [0.15, 0.2) is 0 Å². The van der Waals surface area contributed by atoms with E-state index in [1.807, 2.05) is 0 Å². The summed E-state index contributed by atoms with van der Waals surface area (Å²) >= 11 is 0. The smallest absolute Gasteiger partial charge is 0.0858 e. The van der Waals surface area contributed by atoms with Crippen molar-refractivity contribution in [2.45, 2.75) is 44.3 Å². The summed E-state index contributed by atoms with van der Waals surface area (Å²) in [6.45, 7) is 1.72. The number of rotatable bonds is 5. The minimum absolute atomic E-state index is 0.0767. The lowest BCUT2D eigenvalue weighted by molar-refractivity contribution is -0.0439. The van der Waals surface area contributed by atoms with Crippen LogP contribution in [0.3, 0.4) is 0 Å². The molecule has 1 heterocycles. The van der Waals surface area contributed by atoms with Gasteiger partial charge in [-0.3, -0.25) is 0 Å². The zero-order chi connectivity index (χ0) is 10.7. The summed E-state index contributed by atoms with van der Waals surface area (Å²) in [7, 11) is 1.72. The molecule has 2 unspecified atom stereocenters. The van der Waals surface area contributed by atoms with Crippen molar-refractivity contribution in [3.63, 3.8) is 0 Å². The SMILES string of the molecule is COC(C(O)CC1CCOCC1)C1CC1. The van der Waals surface area contributed by atoms with E-state index in [1.165, 1.54) is 12.8 Å². The van der Waals surface area contributed by atoms with E-state index in [0.717, 1.165) is 32.5 Å². The van der Waals surface area contributed by atoms with Gasteiger partial charge >= 0.3 is 0 Å². The predicted octanol–water partition coefficient (Wildman–Crippen LogP) is 1.59. The molecular weight excluding hydrogens is 192 g/mol. The van der Waals surface area contributed by atoms with Crippen LogP contribution in [-0.4, -0.2) is 37.6 Å². The normalized spacial score (nSPS) is 27.6. The second kappa shape index (κ2) is 5.28. The van der Waals surface area contributed by atoms with Gasteiger partial charge in [-0.25, -0.2) is 0 Å². The summed E-state index contributed by atoms with van der Waals surface area (Å²) in [6, 6.07) is 0. The van der Waals surface area contributed by atoms with E-state index >= 15 is 0 Å². The molecule has 0 aromatic rings. The highest BCUT2D eigenvalue weighted by atomic mass is 16.5. The minimum atomic E-state index is -0.273. The summed E-state index contributed by atoms with van der Waals surface area (Å²) in [5.74, 6) is 1.25. The van der Waals surface area contributed by atoms with Crippen molar-refractivity contribution in [3.8, 4) is 0 Å². The summed E-state index contributed by atoms with van der Waals surface area (Å²) in [4.78, 5) is 0. The van der Waals surface area contributed by atoms with Crippen LogP contribution < -0.4 is 0 Å². The zero-order valence-corrected chi connectivity index (χ0v) is 9.52. The first kappa shape index (κ1) is 11.4. The van der Waals surface area contributed by atoms with Gasteiger partial charge in [0.1, 0.15) is 0 Å². The minimum Gasteiger partial charge on any atom is -0.390 e. The molecule has 1 aliphatic heterocycles. The lowest BCUT2D eigenvalue weighted by Gasteiger charge is -2.28. The van der Waals surface area contributed by atoms with Crippen molar-refractivity contribution in [1.29, 1.82) is 0 Å². The van der Waals surface area contributed by atoms with Gasteiger partial charge in [0.25, 0.3) is 0 Å². The highest BCUT2D eigenvalue weighted by Crippen LogP contribution is 2.37. The average Bonchev–Trinajstić information content (AvgIpc) is 3.04. The fourth-order valence-electron chi connectivity index (χ4n) is 2.55. The summed E-state index contributed by atoms with van der Waals surface area (Å²) < 4.78 is 10.7. The average molecular weight is 214 g/mol. The number of hydrogen-bond acceptors (Lipinski definition) is 3. The fraction of sp³-hybridized carbons (Fsp3) is 1.00. The van der Waals surface area contributed by atoms with E-state index in [-0.39, 0.29) is 12.2 Å². The molecule has 2 fully saturated rings. The second-order valence-corrected chi connectivity index (χ2v) is 4.90. The summed E-state index contributed by atoms with van der Waals surface area (Å²) in [5, 5.41) is 10.1. The number of aliphatic hydroxyl groups excluding tert-OH is 1. The van der Waals surface area contributed by atoms with Crippen LogP contribution in [0.25, 0.3) is 0 Å². The third-order valence-corrected chi connectivity index (χ3v) is 3.65. The highest BCUT2D eigenvalue weighted by molar-refractivity contribution is 4.87. The van der Waals surface area contributed by atoms with E-state index in [1.54, 1.807) is 7.11 Å². The van der Waals surface area contributed by atoms with Crippen molar-refractivity contribution in [2.24, 2.45) is 11.8 Å². The van der Waals surface area contributed by atoms with Crippen molar-refractivity contribution in [3.05, 3.63) is 0 Å². The molecule has 0 aromatic heterocycles. The Balaban J connectivity index is 1.75. The Kier molecular flexibility index (Phi) is 4.00. The van der Waals surface area contributed by atoms with Crippen LogP contribution in [0.2, 0.25) is 0 Å². The van der Waals surface area contributed by atoms with Gasteiger partial charge in [-0.1, -0.05) is 0 Å². The molecule has 88 valence electrons. The third kappa shape index (κ3) is 3.16. The van der Waals surface area contributed by atoms with E-state index < -0.39 is 0 Å². The maximum absolute atomic E-state index is 10.1. The summed E-state index contributed by atoms with van der Waals surface area (Å²) in [6.07, 6.45) is 5.33. The van der Waals surface area contributed by atoms with Gasteiger partial charge < -0.3 is 14.6 Å². The number of hydrogen-bond donors (Lipinski definition) is 1. The van der Waals surface area contributed by atoms with Gasteiger partial charge in [-0.15, -0.1) is 0 Å². The first-order valence-corrected chi connectivity index (χ1v) is 6.10. The molecule has 15 heavy (non-hydrogen) atoms. The molecule has 1 N–H and O–H groups in total. The van der Waals surface area contributed by atoms with Gasteiger partial charge in [-0.05, 0) is 43.9 Å². The van der Waals surface area contributed by atoms with Crippen molar-refractivity contribution in [1.82, 2.24) is 0 Å². The third-order valence-electron chi connectivity index (χ3n) is 3.65. The van der Waals surface area contributed by atoms with E-state index in [9.17, 15) is 5.11 Å². The Morgan fingerprint density at radius 3 is 2.47 bits per heavy atom. The lowest BCUT2D eigenvalue weighted by Crippen LogP contribution is -2.33. The molecule has 0 radical (unpaired) electrons. The molecule has 0 amide bonds. The Bertz CT molecular complexity index is 185. The van der Waals surface area contributed by atoms with Crippen LogP contribution in [-0.2, 0) is 9.47 Å². The van der Waals surface area contributed by atoms with Crippen molar-refractivity contribution in [2.75, 3.05) is 20.3 Å². The fourth-order valence-corrected chi connectivity index (χ4v) is 2.55. The standard InChI is InChI=1S/C12H22O3/c1-14-12(10-2-3-10)11(13)8-9-4-6-15-7-5-9/h9-13H,2-8H2,1H3. The monoisotopic (exact) mass is 214 g/mol. The maximum Gasteiger partial charge on any atom is 0.0858 e. The Morgan fingerprint density at radius 2 is 1.93 bits per heavy atom. The molecule has 2 atom stereocenters. The zero-order valence-electron chi connectivity index (χ0n) is 9.52. The van der Waals surface area contributed by atoms with Gasteiger partial charge in [0.05, 0.1) is 12.2 Å². The molecule has 2 rings (SSSR count). The molecule has 0 aromatic carbocycles. The molecule has 1 saturated heterocycles. The molecule has 3 nitrogen and oxygen atoms in total. The molecule has 0 spiro atoms. The number of aliphatic hydroxyl groups is 1. The van der Waals surface area contributed by atoms with Crippen LogP contribution >= 0.6 is 0 Å². The van der Waals surface area contributed by atoms with Crippen molar-refractivity contribution >= 4 is 0 Å². The first-order valence-electron chi connectivity index (χ1n) is 6.10. The van der Waals surface area contributed by atoms with Gasteiger partial charge in [-0.2, -0.15) is 0 Å². The predicted molar refractivity (Wildman–Crippen MR) is 57.7 cm³/mol. The highest BCUT2D eigenvalue weighted by Gasteiger charge is 2.36. The van der Waals surface area contributed by atoms with Gasteiger partial charge in [0.15, 0.2) is 0 Å². The molecule has 2 aliphatic rings. The largest absolute Gasteiger partial charge is 0.390 e. The van der Waals surface area contributed by atoms with E-state index in [4.69, 9.17) is 9.47 Å². The first-order chi connectivity index (χ1) is 7.31. The molecule has 3 heteroatoms. The molecule has 0 bridgehead atoms. The Labute approximate surface area is 91.8 Å². The van der Waals surface area contributed by atoms with Crippen LogP contribution in [0.4, 0.5) is 0 Å². The summed E-state index contributed by atoms with van der Waals surface area (Å²) in [5.41, 5.74) is 0. The Morgan fingerprint density at radius 1 is 1.27 bits per heavy atom. The Hall–Kier alpha value is -0.120.